The lowest BCUT2D eigenvalue weighted by atomic mass is 9.68. The van der Waals surface area contributed by atoms with Gasteiger partial charge < -0.3 is 24.0 Å². The molecule has 14 heteroatoms. The third kappa shape index (κ3) is 6.80. The minimum atomic E-state index is -4.29. The van der Waals surface area contributed by atoms with E-state index in [0.717, 1.165) is 48.1 Å². The number of carbonyl (C=O) groups excluding carboxylic acids is 2. The fourth-order valence-corrected chi connectivity index (χ4v) is 9.28. The highest BCUT2D eigenvalue weighted by molar-refractivity contribution is 7.90. The Balaban J connectivity index is 1.27. The highest BCUT2D eigenvalue weighted by Crippen LogP contribution is 2.47. The second-order valence-electron chi connectivity index (χ2n) is 14.8. The first kappa shape index (κ1) is 35.0. The number of hydrogen-bond donors (Lipinski definition) is 1. The average Bonchev–Trinajstić information content (AvgIpc) is 3.34. The van der Waals surface area contributed by atoms with Gasteiger partial charge in [-0.15, -0.1) is 0 Å². The maximum Gasteiger partial charge on any atom is 0.410 e. The SMILES string of the molecule is CC1(C)OC/C=C\[C@H](OC(=O)N2CCC(F)(F)C2)[C@@H]2CC[C@H]2CN2C[C@@]3(CCCc4cc(Cl)ccc43)COc3ccc(cc32)S(=O)(=O)NC1=O. The number of fused-ring (bicyclic) bond motifs is 4. The van der Waals surface area contributed by atoms with E-state index in [1.54, 1.807) is 24.3 Å². The Bertz CT molecular complexity index is 1820. The molecule has 0 aromatic heterocycles. The standard InChI is InChI=1S/C36H42ClF2N3O7S/c1-34(2)32(43)40-50(45,46)26-9-12-31-29(18-26)42(20-35(22-47-31)13-3-5-23-17-25(37)8-11-28(23)35)19-24-7-10-27(24)30(6-4-16-48-34)49-33(44)41-15-14-36(38,39)21-41/h4,6,8-9,11-12,17-18,24,27,30H,3,5,7,10,13-16,19-22H2,1-2H3,(H,40,43)/b6-4-/t24-,27+,30-,35-/m0/s1. The van der Waals surface area contributed by atoms with Crippen molar-refractivity contribution in [3.63, 3.8) is 0 Å². The zero-order valence-electron chi connectivity index (χ0n) is 28.1. The molecule has 2 aliphatic carbocycles. The van der Waals surface area contributed by atoms with Crippen molar-refractivity contribution in [2.45, 2.75) is 80.3 Å². The molecular weight excluding hydrogens is 692 g/mol. The van der Waals surface area contributed by atoms with Gasteiger partial charge in [-0.3, -0.25) is 4.79 Å². The van der Waals surface area contributed by atoms with Crippen molar-refractivity contribution in [3.05, 3.63) is 64.7 Å². The summed E-state index contributed by atoms with van der Waals surface area (Å²) in [5, 5.41) is 0.665. The molecule has 2 aromatic rings. The van der Waals surface area contributed by atoms with Crippen LogP contribution in [0.3, 0.4) is 0 Å². The van der Waals surface area contributed by atoms with E-state index < -0.39 is 58.0 Å². The smallest absolute Gasteiger partial charge is 0.410 e. The first-order valence-corrected chi connectivity index (χ1v) is 19.0. The van der Waals surface area contributed by atoms with Crippen LogP contribution in [-0.2, 0) is 36.1 Å². The van der Waals surface area contributed by atoms with E-state index in [1.165, 1.54) is 19.9 Å². The molecule has 2 aromatic carbocycles. The Morgan fingerprint density at radius 1 is 1.10 bits per heavy atom. The van der Waals surface area contributed by atoms with Crippen LogP contribution in [0.4, 0.5) is 19.3 Å². The number of nitrogens with one attached hydrogen (secondary N) is 1. The van der Waals surface area contributed by atoms with E-state index in [9.17, 15) is 26.8 Å². The topological polar surface area (TPSA) is 114 Å². The molecule has 1 saturated carbocycles. The molecule has 7 rings (SSSR count). The molecule has 2 bridgehead atoms. The number of amides is 2. The summed E-state index contributed by atoms with van der Waals surface area (Å²) in [7, 11) is -4.29. The zero-order valence-corrected chi connectivity index (χ0v) is 29.7. The lowest BCUT2D eigenvalue weighted by Crippen LogP contribution is -2.50. The molecule has 5 aliphatic rings. The number of halogens is 3. The normalized spacial score (nSPS) is 30.5. The number of anilines is 1. The van der Waals surface area contributed by atoms with Gasteiger partial charge in [-0.1, -0.05) is 23.7 Å². The van der Waals surface area contributed by atoms with Crippen LogP contribution >= 0.6 is 11.6 Å². The largest absolute Gasteiger partial charge is 0.490 e. The molecule has 3 aliphatic heterocycles. The lowest BCUT2D eigenvalue weighted by molar-refractivity contribution is -0.139. The van der Waals surface area contributed by atoms with Crippen LogP contribution in [0.15, 0.2) is 53.4 Å². The predicted molar refractivity (Wildman–Crippen MR) is 182 cm³/mol. The minimum absolute atomic E-state index is 0.0129. The molecule has 2 fully saturated rings. The molecule has 0 unspecified atom stereocenters. The molecule has 270 valence electrons. The Morgan fingerprint density at radius 2 is 1.92 bits per heavy atom. The summed E-state index contributed by atoms with van der Waals surface area (Å²) in [4.78, 5) is 29.5. The summed E-state index contributed by atoms with van der Waals surface area (Å²) >= 11 is 6.41. The zero-order chi connectivity index (χ0) is 35.5. The van der Waals surface area contributed by atoms with Gasteiger partial charge in [0.25, 0.3) is 21.9 Å². The number of sulfonamides is 1. The third-order valence-electron chi connectivity index (χ3n) is 11.0. The first-order valence-electron chi connectivity index (χ1n) is 17.2. The van der Waals surface area contributed by atoms with E-state index in [1.807, 2.05) is 12.1 Å². The van der Waals surface area contributed by atoms with Crippen LogP contribution in [0.25, 0.3) is 0 Å². The van der Waals surface area contributed by atoms with Crippen molar-refractivity contribution in [3.8, 4) is 5.75 Å². The van der Waals surface area contributed by atoms with E-state index in [0.29, 0.717) is 36.2 Å². The fourth-order valence-electron chi connectivity index (χ4n) is 7.97. The minimum Gasteiger partial charge on any atom is -0.490 e. The van der Waals surface area contributed by atoms with Gasteiger partial charge in [-0.25, -0.2) is 26.7 Å². The Labute approximate surface area is 296 Å². The highest BCUT2D eigenvalue weighted by atomic mass is 35.5. The van der Waals surface area contributed by atoms with Gasteiger partial charge in [0.1, 0.15) is 17.5 Å². The van der Waals surface area contributed by atoms with Crippen LogP contribution in [0, 0.1) is 11.8 Å². The molecule has 1 spiro atoms. The number of aryl methyl sites for hydroxylation is 1. The monoisotopic (exact) mass is 733 g/mol. The number of alkyl halides is 2. The molecule has 50 heavy (non-hydrogen) atoms. The maximum atomic E-state index is 14.0. The second kappa shape index (κ2) is 13.0. The molecule has 0 radical (unpaired) electrons. The molecule has 1 saturated heterocycles. The lowest BCUT2D eigenvalue weighted by Gasteiger charge is -2.46. The van der Waals surface area contributed by atoms with Crippen molar-refractivity contribution in [1.82, 2.24) is 9.62 Å². The Kier molecular flexibility index (Phi) is 9.08. The van der Waals surface area contributed by atoms with Crippen LogP contribution in [0.5, 0.6) is 5.75 Å². The van der Waals surface area contributed by atoms with Gasteiger partial charge in [-0.2, -0.15) is 0 Å². The summed E-state index contributed by atoms with van der Waals surface area (Å²) in [6, 6.07) is 10.6. The number of nitrogens with zero attached hydrogens (tertiary/aromatic N) is 2. The Hall–Kier alpha value is -3.42. The molecule has 1 N–H and O–H groups in total. The van der Waals surface area contributed by atoms with Crippen LogP contribution in [0.1, 0.15) is 57.1 Å². The average molecular weight is 734 g/mol. The number of ether oxygens (including phenoxy) is 3. The van der Waals surface area contributed by atoms with Crippen molar-refractivity contribution >= 4 is 39.3 Å². The predicted octanol–water partition coefficient (Wildman–Crippen LogP) is 5.86. The molecule has 3 heterocycles. The van der Waals surface area contributed by atoms with Gasteiger partial charge in [-0.05, 0) is 99.4 Å². The summed E-state index contributed by atoms with van der Waals surface area (Å²) in [6.45, 7) is 3.46. The summed E-state index contributed by atoms with van der Waals surface area (Å²) in [5.74, 6) is -3.42. The van der Waals surface area contributed by atoms with E-state index in [4.69, 9.17) is 25.8 Å². The number of rotatable bonds is 1. The van der Waals surface area contributed by atoms with Gasteiger partial charge in [0.15, 0.2) is 0 Å². The fraction of sp³-hybridized carbons (Fsp3) is 0.556. The van der Waals surface area contributed by atoms with E-state index in [2.05, 4.69) is 15.7 Å². The van der Waals surface area contributed by atoms with Gasteiger partial charge >= 0.3 is 6.09 Å². The van der Waals surface area contributed by atoms with Gasteiger partial charge in [0.05, 0.1) is 30.3 Å². The van der Waals surface area contributed by atoms with Crippen molar-refractivity contribution in [2.24, 2.45) is 11.8 Å². The van der Waals surface area contributed by atoms with Crippen molar-refractivity contribution < 1.29 is 41.0 Å². The van der Waals surface area contributed by atoms with E-state index in [-0.39, 0.29) is 29.9 Å². The molecule has 10 nitrogen and oxygen atoms in total. The van der Waals surface area contributed by atoms with Crippen molar-refractivity contribution in [1.29, 1.82) is 0 Å². The van der Waals surface area contributed by atoms with Gasteiger partial charge in [0, 0.05) is 42.4 Å². The second-order valence-corrected chi connectivity index (χ2v) is 16.9. The number of hydrogen-bond acceptors (Lipinski definition) is 8. The summed E-state index contributed by atoms with van der Waals surface area (Å²) in [6.07, 6.45) is 5.59. The summed E-state index contributed by atoms with van der Waals surface area (Å²) in [5.41, 5.74) is 0.937. The molecular formula is C36H42ClF2N3O7S. The number of benzene rings is 2. The third-order valence-corrected chi connectivity index (χ3v) is 12.5. The first-order chi connectivity index (χ1) is 23.6. The highest BCUT2D eigenvalue weighted by Gasteiger charge is 2.46. The number of carbonyl (C=O) groups is 2. The summed E-state index contributed by atoms with van der Waals surface area (Å²) < 4.78 is 75.6. The van der Waals surface area contributed by atoms with E-state index >= 15 is 0 Å². The van der Waals surface area contributed by atoms with Crippen LogP contribution in [-0.4, -0.2) is 82.3 Å². The quantitative estimate of drug-likeness (QED) is 0.363. The van der Waals surface area contributed by atoms with Crippen molar-refractivity contribution in [2.75, 3.05) is 44.3 Å². The molecule has 2 amide bonds. The van der Waals surface area contributed by atoms with Crippen LogP contribution < -0.4 is 14.4 Å². The van der Waals surface area contributed by atoms with Gasteiger partial charge in [0.2, 0.25) is 0 Å². The maximum absolute atomic E-state index is 14.0. The Morgan fingerprint density at radius 3 is 2.66 bits per heavy atom. The van der Waals surface area contributed by atoms with Crippen LogP contribution in [0.2, 0.25) is 5.02 Å². The number of likely N-dealkylation sites (tertiary alicyclic amines) is 1. The molecule has 4 atom stereocenters.